The van der Waals surface area contributed by atoms with Gasteiger partial charge in [-0.25, -0.2) is 4.79 Å². The summed E-state index contributed by atoms with van der Waals surface area (Å²) in [6.07, 6.45) is 2.68. The van der Waals surface area contributed by atoms with Crippen LogP contribution in [0.5, 0.6) is 0 Å². The van der Waals surface area contributed by atoms with E-state index in [9.17, 15) is 4.79 Å². The third kappa shape index (κ3) is 3.90. The van der Waals surface area contributed by atoms with E-state index in [1.54, 1.807) is 11.9 Å². The van der Waals surface area contributed by atoms with Crippen molar-refractivity contribution >= 4 is 12.3 Å². The van der Waals surface area contributed by atoms with E-state index in [0.717, 1.165) is 19.5 Å². The molecule has 15 heavy (non-hydrogen) atoms. The van der Waals surface area contributed by atoms with Gasteiger partial charge in [0, 0.05) is 32.3 Å². The molecule has 1 amide bonds. The minimum atomic E-state index is -0.409. The number of amides is 1. The van der Waals surface area contributed by atoms with Crippen LogP contribution in [0.25, 0.3) is 0 Å². The number of rotatable bonds is 1. The van der Waals surface area contributed by atoms with Crippen LogP contribution in [-0.4, -0.2) is 42.9 Å². The Labute approximate surface area is 91.3 Å². The maximum Gasteiger partial charge on any atom is 0.410 e. The van der Waals surface area contributed by atoms with Crippen molar-refractivity contribution in [1.82, 2.24) is 4.90 Å². The van der Waals surface area contributed by atoms with Gasteiger partial charge in [-0.3, -0.25) is 0 Å². The van der Waals surface area contributed by atoms with Crippen molar-refractivity contribution in [2.75, 3.05) is 20.1 Å². The zero-order valence-electron chi connectivity index (χ0n) is 9.99. The van der Waals surface area contributed by atoms with Gasteiger partial charge in [0.25, 0.3) is 0 Å². The van der Waals surface area contributed by atoms with Gasteiger partial charge in [-0.2, -0.15) is 0 Å². The normalized spacial score (nSPS) is 22.4. The zero-order chi connectivity index (χ0) is 11.5. The number of likely N-dealkylation sites (tertiary alicyclic amines) is 1. The molecule has 0 aromatic carbocycles. The molecule has 4 nitrogen and oxygen atoms in total. The van der Waals surface area contributed by atoms with E-state index in [2.05, 4.69) is 4.99 Å². The lowest BCUT2D eigenvalue weighted by atomic mass is 10.1. The minimum Gasteiger partial charge on any atom is -0.444 e. The molecule has 0 saturated carbocycles. The molecule has 0 N–H and O–H groups in total. The maximum absolute atomic E-state index is 11.7. The average Bonchev–Trinajstić information content (AvgIpc) is 2.50. The van der Waals surface area contributed by atoms with E-state index in [-0.39, 0.29) is 6.09 Å². The monoisotopic (exact) mass is 212 g/mol. The summed E-state index contributed by atoms with van der Waals surface area (Å²) < 4.78 is 5.29. The molecule has 1 saturated heterocycles. The summed E-state index contributed by atoms with van der Waals surface area (Å²) in [4.78, 5) is 17.4. The van der Waals surface area contributed by atoms with Gasteiger partial charge in [0.1, 0.15) is 5.60 Å². The third-order valence-electron chi connectivity index (χ3n) is 2.24. The van der Waals surface area contributed by atoms with Gasteiger partial charge in [0.15, 0.2) is 0 Å². The molecule has 4 heteroatoms. The van der Waals surface area contributed by atoms with Crippen LogP contribution in [0.4, 0.5) is 4.79 Å². The van der Waals surface area contributed by atoms with E-state index in [4.69, 9.17) is 4.74 Å². The van der Waals surface area contributed by atoms with Gasteiger partial charge < -0.3 is 14.6 Å². The fourth-order valence-corrected chi connectivity index (χ4v) is 1.61. The summed E-state index contributed by atoms with van der Waals surface area (Å²) in [5, 5.41) is 0. The second-order valence-corrected chi connectivity index (χ2v) is 4.88. The first-order chi connectivity index (χ1) is 6.92. The Morgan fingerprint density at radius 1 is 1.53 bits per heavy atom. The van der Waals surface area contributed by atoms with Crippen LogP contribution >= 0.6 is 0 Å². The summed E-state index contributed by atoms with van der Waals surface area (Å²) in [5.41, 5.74) is -0.409. The Morgan fingerprint density at radius 3 is 2.73 bits per heavy atom. The number of nitrogens with zero attached hydrogens (tertiary/aromatic N) is 2. The molecule has 1 rings (SSSR count). The fourth-order valence-electron chi connectivity index (χ4n) is 1.61. The van der Waals surface area contributed by atoms with Crippen molar-refractivity contribution < 1.29 is 9.53 Å². The Balaban J connectivity index is 2.43. The maximum atomic E-state index is 11.7. The molecule has 1 unspecified atom stereocenters. The van der Waals surface area contributed by atoms with Crippen LogP contribution < -0.4 is 0 Å². The summed E-state index contributed by atoms with van der Waals surface area (Å²) in [6, 6.07) is 0. The highest BCUT2D eigenvalue weighted by Crippen LogP contribution is 2.18. The van der Waals surface area contributed by atoms with Crippen molar-refractivity contribution in [3.8, 4) is 0 Å². The SMILES string of the molecule is C/N=C/C1CCN(C(=O)OC(C)(C)C)C1. The Kier molecular flexibility index (Phi) is 3.72. The first-order valence-electron chi connectivity index (χ1n) is 5.32. The number of carbonyl (C=O) groups is 1. The fraction of sp³-hybridized carbons (Fsp3) is 0.818. The van der Waals surface area contributed by atoms with Gasteiger partial charge in [-0.1, -0.05) is 0 Å². The van der Waals surface area contributed by atoms with Gasteiger partial charge in [-0.05, 0) is 27.2 Å². The van der Waals surface area contributed by atoms with E-state index in [1.165, 1.54) is 0 Å². The second-order valence-electron chi connectivity index (χ2n) is 4.88. The van der Waals surface area contributed by atoms with Gasteiger partial charge >= 0.3 is 6.09 Å². The molecule has 0 bridgehead atoms. The molecule has 86 valence electrons. The predicted octanol–water partition coefficient (Wildman–Crippen LogP) is 1.94. The van der Waals surface area contributed by atoms with Crippen LogP contribution in [0.15, 0.2) is 4.99 Å². The van der Waals surface area contributed by atoms with E-state index in [0.29, 0.717) is 5.92 Å². The molecule has 0 radical (unpaired) electrons. The van der Waals surface area contributed by atoms with Crippen molar-refractivity contribution in [2.45, 2.75) is 32.8 Å². The van der Waals surface area contributed by atoms with Gasteiger partial charge in [-0.15, -0.1) is 0 Å². The molecule has 1 aliphatic rings. The van der Waals surface area contributed by atoms with Crippen molar-refractivity contribution in [3.63, 3.8) is 0 Å². The van der Waals surface area contributed by atoms with Crippen LogP contribution in [0.2, 0.25) is 0 Å². The van der Waals surface area contributed by atoms with Crippen molar-refractivity contribution in [3.05, 3.63) is 0 Å². The lowest BCUT2D eigenvalue weighted by molar-refractivity contribution is 0.0292. The van der Waals surface area contributed by atoms with Crippen LogP contribution in [0.3, 0.4) is 0 Å². The molecule has 1 heterocycles. The summed E-state index contributed by atoms with van der Waals surface area (Å²) in [5.74, 6) is 0.391. The molecule has 1 atom stereocenters. The number of aliphatic imine (C=N–C) groups is 1. The first kappa shape index (κ1) is 12.0. The largest absolute Gasteiger partial charge is 0.444 e. The van der Waals surface area contributed by atoms with E-state index in [1.807, 2.05) is 27.0 Å². The summed E-state index contributed by atoms with van der Waals surface area (Å²) in [6.45, 7) is 7.14. The average molecular weight is 212 g/mol. The van der Waals surface area contributed by atoms with E-state index < -0.39 is 5.60 Å². The zero-order valence-corrected chi connectivity index (χ0v) is 9.99. The Hall–Kier alpha value is -1.06. The third-order valence-corrected chi connectivity index (χ3v) is 2.24. The predicted molar refractivity (Wildman–Crippen MR) is 60.3 cm³/mol. The molecular formula is C11H20N2O2. The van der Waals surface area contributed by atoms with Crippen molar-refractivity contribution in [1.29, 1.82) is 0 Å². The van der Waals surface area contributed by atoms with Gasteiger partial charge in [0.05, 0.1) is 0 Å². The topological polar surface area (TPSA) is 41.9 Å². The highest BCUT2D eigenvalue weighted by molar-refractivity contribution is 5.70. The Bertz CT molecular complexity index is 256. The van der Waals surface area contributed by atoms with E-state index >= 15 is 0 Å². The molecular weight excluding hydrogens is 192 g/mol. The number of hydrogen-bond acceptors (Lipinski definition) is 3. The highest BCUT2D eigenvalue weighted by Gasteiger charge is 2.28. The highest BCUT2D eigenvalue weighted by atomic mass is 16.6. The van der Waals surface area contributed by atoms with Crippen LogP contribution in [0.1, 0.15) is 27.2 Å². The summed E-state index contributed by atoms with van der Waals surface area (Å²) in [7, 11) is 1.76. The molecule has 0 spiro atoms. The van der Waals surface area contributed by atoms with Gasteiger partial charge in [0.2, 0.25) is 0 Å². The quantitative estimate of drug-likeness (QED) is 0.623. The minimum absolute atomic E-state index is 0.213. The lowest BCUT2D eigenvalue weighted by Gasteiger charge is -2.24. The smallest absolute Gasteiger partial charge is 0.410 e. The lowest BCUT2D eigenvalue weighted by Crippen LogP contribution is -2.35. The van der Waals surface area contributed by atoms with Crippen molar-refractivity contribution in [2.24, 2.45) is 10.9 Å². The molecule has 1 aliphatic heterocycles. The molecule has 0 aromatic heterocycles. The molecule has 0 aliphatic carbocycles. The second kappa shape index (κ2) is 4.64. The summed E-state index contributed by atoms with van der Waals surface area (Å²) >= 11 is 0. The number of ether oxygens (including phenoxy) is 1. The molecule has 1 fully saturated rings. The molecule has 0 aromatic rings. The Morgan fingerprint density at radius 2 is 2.20 bits per heavy atom. The standard InChI is InChI=1S/C11H20N2O2/c1-11(2,3)15-10(14)13-6-5-9(8-13)7-12-4/h7,9H,5-6,8H2,1-4H3/b12-7+. The first-order valence-corrected chi connectivity index (χ1v) is 5.32. The van der Waals surface area contributed by atoms with Crippen LogP contribution in [-0.2, 0) is 4.74 Å². The number of carbonyl (C=O) groups excluding carboxylic acids is 1. The number of hydrogen-bond donors (Lipinski definition) is 0. The van der Waals surface area contributed by atoms with Crippen LogP contribution in [0, 0.1) is 5.92 Å².